The molecule has 1 aromatic carbocycles. The molecule has 6 rings (SSSR count). The molecule has 0 aliphatic carbocycles. The van der Waals surface area contributed by atoms with Crippen molar-refractivity contribution >= 4 is 28.1 Å². The van der Waals surface area contributed by atoms with Gasteiger partial charge < -0.3 is 10.1 Å². The number of alkyl halides is 1. The van der Waals surface area contributed by atoms with Gasteiger partial charge in [0.05, 0.1) is 35.3 Å². The van der Waals surface area contributed by atoms with E-state index in [0.29, 0.717) is 55.4 Å². The Bertz CT molecular complexity index is 1680. The molecule has 10 heteroatoms. The zero-order valence-electron chi connectivity index (χ0n) is 22.7. The van der Waals surface area contributed by atoms with Crippen LogP contribution >= 0.6 is 0 Å². The van der Waals surface area contributed by atoms with Crippen LogP contribution in [0, 0.1) is 6.92 Å². The lowest BCUT2D eigenvalue weighted by atomic mass is 10.1. The molecular weight excluding hydrogens is 509 g/mol. The van der Waals surface area contributed by atoms with Crippen LogP contribution in [0.4, 0.5) is 10.1 Å². The Hall–Kier alpha value is -4.31. The van der Waals surface area contributed by atoms with Gasteiger partial charge >= 0.3 is 0 Å². The van der Waals surface area contributed by atoms with E-state index in [9.17, 15) is 9.18 Å². The number of amides is 1. The Labute approximate surface area is 231 Å². The number of pyridine rings is 2. The summed E-state index contributed by atoms with van der Waals surface area (Å²) in [5.74, 6) is 0.396. The van der Waals surface area contributed by atoms with Crippen LogP contribution < -0.4 is 10.1 Å². The minimum atomic E-state index is -0.738. The van der Waals surface area contributed by atoms with Crippen molar-refractivity contribution in [2.75, 3.05) is 31.6 Å². The summed E-state index contributed by atoms with van der Waals surface area (Å²) < 4.78 is 22.9. The Kier molecular flexibility index (Phi) is 7.17. The van der Waals surface area contributed by atoms with Crippen molar-refractivity contribution in [2.24, 2.45) is 0 Å². The molecule has 1 aliphatic rings. The van der Waals surface area contributed by atoms with E-state index in [1.54, 1.807) is 22.9 Å². The summed E-state index contributed by atoms with van der Waals surface area (Å²) in [7, 11) is 0. The number of hydrogen-bond acceptors (Lipinski definition) is 6. The predicted octanol–water partition coefficient (Wildman–Crippen LogP) is 4.67. The second-order valence-corrected chi connectivity index (χ2v) is 10.2. The van der Waals surface area contributed by atoms with Gasteiger partial charge in [0.2, 0.25) is 0 Å². The molecule has 1 saturated heterocycles. The van der Waals surface area contributed by atoms with Crippen molar-refractivity contribution in [3.63, 3.8) is 0 Å². The number of aromatic nitrogens is 5. The molecule has 1 amide bonds. The van der Waals surface area contributed by atoms with Crippen LogP contribution in [0.3, 0.4) is 0 Å². The van der Waals surface area contributed by atoms with Crippen molar-refractivity contribution < 1.29 is 13.9 Å². The topological polar surface area (TPSA) is 89.6 Å². The molecule has 0 bridgehead atoms. The molecule has 0 unspecified atom stereocenters. The first-order valence-electron chi connectivity index (χ1n) is 13.7. The van der Waals surface area contributed by atoms with Crippen LogP contribution in [0.2, 0.25) is 0 Å². The van der Waals surface area contributed by atoms with E-state index in [0.717, 1.165) is 41.0 Å². The molecule has 0 saturated carbocycles. The van der Waals surface area contributed by atoms with Crippen LogP contribution in [-0.2, 0) is 13.0 Å². The summed E-state index contributed by atoms with van der Waals surface area (Å²) in [6.45, 7) is 6.96. The van der Waals surface area contributed by atoms with Gasteiger partial charge in [0.15, 0.2) is 0 Å². The summed E-state index contributed by atoms with van der Waals surface area (Å²) >= 11 is 0. The predicted molar refractivity (Wildman–Crippen MR) is 152 cm³/mol. The highest BCUT2D eigenvalue weighted by Gasteiger charge is 2.21. The molecular formula is C30H32FN7O2. The molecule has 1 N–H and O–H groups in total. The van der Waals surface area contributed by atoms with Gasteiger partial charge in [-0.1, -0.05) is 19.1 Å². The third-order valence-corrected chi connectivity index (χ3v) is 7.30. The summed E-state index contributed by atoms with van der Waals surface area (Å²) in [4.78, 5) is 24.5. The van der Waals surface area contributed by atoms with Gasteiger partial charge in [0.1, 0.15) is 29.9 Å². The molecule has 0 radical (unpaired) electrons. The first kappa shape index (κ1) is 25.9. The monoisotopic (exact) mass is 541 g/mol. The lowest BCUT2D eigenvalue weighted by molar-refractivity contribution is 0.102. The van der Waals surface area contributed by atoms with E-state index in [1.807, 2.05) is 54.1 Å². The highest BCUT2D eigenvalue weighted by Crippen LogP contribution is 2.29. The third kappa shape index (κ3) is 5.27. The Morgan fingerprint density at radius 2 is 2.08 bits per heavy atom. The van der Waals surface area contributed by atoms with Crippen molar-refractivity contribution in [3.05, 3.63) is 83.7 Å². The summed E-state index contributed by atoms with van der Waals surface area (Å²) in [5, 5.41) is 8.86. The number of fused-ring (bicyclic) bond motifs is 2. The van der Waals surface area contributed by atoms with Gasteiger partial charge in [-0.15, -0.1) is 0 Å². The Morgan fingerprint density at radius 3 is 2.88 bits per heavy atom. The molecule has 5 aromatic rings. The van der Waals surface area contributed by atoms with E-state index >= 15 is 0 Å². The number of carbonyl (C=O) groups excluding carboxylic acids is 1. The molecule has 206 valence electrons. The first-order chi connectivity index (χ1) is 19.5. The molecule has 1 aliphatic heterocycles. The van der Waals surface area contributed by atoms with Gasteiger partial charge in [-0.05, 0) is 50.1 Å². The van der Waals surface area contributed by atoms with Crippen LogP contribution in [0.1, 0.15) is 40.9 Å². The maximum absolute atomic E-state index is 13.4. The third-order valence-electron chi connectivity index (χ3n) is 7.30. The second-order valence-electron chi connectivity index (χ2n) is 10.2. The fourth-order valence-electron chi connectivity index (χ4n) is 5.31. The minimum absolute atomic E-state index is 0.265. The average molecular weight is 542 g/mol. The highest BCUT2D eigenvalue weighted by molar-refractivity contribution is 6.08. The first-order valence-corrected chi connectivity index (χ1v) is 13.7. The molecule has 0 spiro atoms. The van der Waals surface area contributed by atoms with E-state index in [1.165, 1.54) is 0 Å². The number of likely N-dealkylation sites (tertiary alicyclic amines) is 1. The van der Waals surface area contributed by atoms with E-state index in [-0.39, 0.29) is 5.91 Å². The lowest BCUT2D eigenvalue weighted by Gasteiger charge is -2.15. The van der Waals surface area contributed by atoms with Gasteiger partial charge in [-0.2, -0.15) is 5.10 Å². The van der Waals surface area contributed by atoms with Crippen LogP contribution in [0.5, 0.6) is 5.75 Å². The van der Waals surface area contributed by atoms with Gasteiger partial charge in [-0.3, -0.25) is 23.8 Å². The van der Waals surface area contributed by atoms with Gasteiger partial charge in [0, 0.05) is 43.0 Å². The number of benzene rings is 1. The van der Waals surface area contributed by atoms with Crippen LogP contribution in [0.25, 0.3) is 16.6 Å². The van der Waals surface area contributed by atoms with Gasteiger partial charge in [-0.25, -0.2) is 9.37 Å². The smallest absolute Gasteiger partial charge is 0.274 e. The number of anilines is 1. The maximum atomic E-state index is 13.4. The zero-order valence-corrected chi connectivity index (χ0v) is 22.7. The quantitative estimate of drug-likeness (QED) is 0.292. The number of imidazole rings is 1. The fraction of sp³-hybridized carbons (Fsp3) is 0.333. The molecule has 5 heterocycles. The van der Waals surface area contributed by atoms with E-state index in [2.05, 4.69) is 27.1 Å². The average Bonchev–Trinajstić information content (AvgIpc) is 3.66. The number of rotatable bonds is 9. The van der Waals surface area contributed by atoms with Gasteiger partial charge in [0.25, 0.3) is 5.91 Å². The zero-order chi connectivity index (χ0) is 27.6. The number of carbonyl (C=O) groups is 1. The van der Waals surface area contributed by atoms with E-state index < -0.39 is 6.17 Å². The number of ether oxygens (including phenoxy) is 1. The number of nitrogens with one attached hydrogen (secondary N) is 1. The minimum Gasteiger partial charge on any atom is -0.492 e. The summed E-state index contributed by atoms with van der Waals surface area (Å²) in [5.41, 5.74) is 5.47. The van der Waals surface area contributed by atoms with Crippen molar-refractivity contribution in [2.45, 2.75) is 39.4 Å². The van der Waals surface area contributed by atoms with E-state index in [4.69, 9.17) is 9.84 Å². The summed E-state index contributed by atoms with van der Waals surface area (Å²) in [6.07, 6.45) is 3.92. The molecule has 4 aromatic heterocycles. The Balaban J connectivity index is 1.20. The number of halogens is 1. The fourth-order valence-corrected chi connectivity index (χ4v) is 5.31. The molecule has 1 fully saturated rings. The van der Waals surface area contributed by atoms with Crippen molar-refractivity contribution in [1.82, 2.24) is 29.0 Å². The standard InChI is InChI=1S/C30H32FN7O2/c1-3-24-29-25(8-5-9-26(29)38(35-24)19-22-7-4-6-20(2)33-22)34-30(39)27-17-32-28-16-23(11-13-37(27)28)40-15-14-36-12-10-21(31)18-36/h4-9,11,13,16-17,21H,3,10,12,14-15,18-19H2,1-2H3,(H,34,39)/t21-/m0/s1. The van der Waals surface area contributed by atoms with Crippen molar-refractivity contribution in [1.29, 1.82) is 0 Å². The summed E-state index contributed by atoms with van der Waals surface area (Å²) in [6, 6.07) is 15.4. The highest BCUT2D eigenvalue weighted by atomic mass is 19.1. The molecule has 1 atom stereocenters. The molecule has 40 heavy (non-hydrogen) atoms. The van der Waals surface area contributed by atoms with Crippen molar-refractivity contribution in [3.8, 4) is 5.75 Å². The number of aryl methyl sites for hydroxylation is 2. The number of nitrogens with zero attached hydrogens (tertiary/aromatic N) is 6. The normalized spacial score (nSPS) is 15.7. The van der Waals surface area contributed by atoms with Crippen LogP contribution in [0.15, 0.2) is 60.9 Å². The maximum Gasteiger partial charge on any atom is 0.274 e. The lowest BCUT2D eigenvalue weighted by Crippen LogP contribution is -2.26. The molecule has 9 nitrogen and oxygen atoms in total. The SMILES string of the molecule is CCc1nn(Cc2cccc(C)n2)c2cccc(NC(=O)c3cnc4cc(OCCN5CC[C@H](F)C5)ccn34)c12. The largest absolute Gasteiger partial charge is 0.492 e. The number of hydrogen-bond donors (Lipinski definition) is 1. The Morgan fingerprint density at radius 1 is 1.20 bits per heavy atom. The van der Waals surface area contributed by atoms with Crippen LogP contribution in [-0.4, -0.2) is 67.4 Å². The second kappa shape index (κ2) is 11.1.